The molecule has 0 saturated heterocycles. The molecule has 5 aromatic carbocycles. The number of fused-ring (bicyclic) bond motifs is 3. The Morgan fingerprint density at radius 2 is 1.30 bits per heavy atom. The van der Waals surface area contributed by atoms with Crippen molar-refractivity contribution in [2.24, 2.45) is 0 Å². The Kier molecular flexibility index (Phi) is 16.0. The maximum Gasteiger partial charge on any atom is 0.430 e. The third-order valence-corrected chi connectivity index (χ3v) is 9.96. The van der Waals surface area contributed by atoms with Crippen LogP contribution in [0.25, 0.3) is 32.9 Å². The summed E-state index contributed by atoms with van der Waals surface area (Å²) in [6, 6.07) is 38.3. The molecule has 2 amide bonds. The van der Waals surface area contributed by atoms with E-state index < -0.39 is 12.1 Å². The van der Waals surface area contributed by atoms with Gasteiger partial charge in [-0.25, -0.2) is 0 Å². The minimum Gasteiger partial charge on any atom is -0.542 e. The Morgan fingerprint density at radius 3 is 1.92 bits per heavy atom. The van der Waals surface area contributed by atoms with Gasteiger partial charge in [-0.3, -0.25) is 9.59 Å². The van der Waals surface area contributed by atoms with E-state index in [0.29, 0.717) is 54.8 Å². The summed E-state index contributed by atoms with van der Waals surface area (Å²) in [5.74, 6) is -2.15. The summed E-state index contributed by atoms with van der Waals surface area (Å²) in [6.45, 7) is 2.73. The summed E-state index contributed by atoms with van der Waals surface area (Å²) >= 11 is 11.9. The molecule has 1 heterocycles. The summed E-state index contributed by atoms with van der Waals surface area (Å²) in [5, 5.41) is 17.8. The zero-order valence-electron chi connectivity index (χ0n) is 32.6. The highest BCUT2D eigenvalue weighted by Crippen LogP contribution is 2.33. The number of carbonyl (C=O) groups excluding carboxylic acids is 3. The van der Waals surface area contributed by atoms with Crippen LogP contribution in [0.4, 0.5) is 30.2 Å². The van der Waals surface area contributed by atoms with Crippen LogP contribution in [-0.4, -0.2) is 61.9 Å². The smallest absolute Gasteiger partial charge is 0.430 e. The molecule has 6 aromatic rings. The second kappa shape index (κ2) is 21.3. The second-order valence-electron chi connectivity index (χ2n) is 13.9. The largest absolute Gasteiger partial charge is 0.542 e. The third kappa shape index (κ3) is 12.2. The summed E-state index contributed by atoms with van der Waals surface area (Å²) in [5.41, 5.74) is 21.0. The number of aliphatic carboxylic acids is 1. The van der Waals surface area contributed by atoms with Crippen LogP contribution in [-0.2, 0) is 22.6 Å². The van der Waals surface area contributed by atoms with Crippen molar-refractivity contribution in [1.29, 1.82) is 0 Å². The number of nitrogens with one attached hydrogen (secondary N) is 2. The molecule has 0 spiro atoms. The first-order chi connectivity index (χ1) is 28.8. The highest BCUT2D eigenvalue weighted by molar-refractivity contribution is 6.18. The van der Waals surface area contributed by atoms with Crippen molar-refractivity contribution in [3.05, 3.63) is 132 Å². The predicted molar refractivity (Wildman–Crippen MR) is 231 cm³/mol. The molecule has 314 valence electrons. The van der Waals surface area contributed by atoms with Gasteiger partial charge < -0.3 is 36.9 Å². The Hall–Kier alpha value is -6.05. The Labute approximate surface area is 355 Å². The number of hydrogen-bond acceptors (Lipinski definition) is 7. The van der Waals surface area contributed by atoms with Gasteiger partial charge in [0.25, 0.3) is 5.91 Å². The molecule has 6 rings (SSSR count). The van der Waals surface area contributed by atoms with E-state index in [1.807, 2.05) is 66.7 Å². The van der Waals surface area contributed by atoms with Gasteiger partial charge in [0.2, 0.25) is 17.1 Å². The molecule has 10 nitrogen and oxygen atoms in total. The number of aromatic nitrogens is 1. The van der Waals surface area contributed by atoms with Gasteiger partial charge in [0.05, 0.1) is 10.8 Å². The fourth-order valence-electron chi connectivity index (χ4n) is 6.74. The van der Waals surface area contributed by atoms with Crippen LogP contribution in [0.15, 0.2) is 115 Å². The number of anilines is 3. The highest BCUT2D eigenvalue weighted by Gasteiger charge is 2.29. The van der Waals surface area contributed by atoms with Gasteiger partial charge >= 0.3 is 6.18 Å². The van der Waals surface area contributed by atoms with Gasteiger partial charge in [-0.1, -0.05) is 48.5 Å². The zero-order valence-corrected chi connectivity index (χ0v) is 34.1. The monoisotopic (exact) mass is 860 g/mol. The van der Waals surface area contributed by atoms with E-state index in [2.05, 4.69) is 68.6 Å². The second-order valence-corrected chi connectivity index (χ2v) is 14.6. The van der Waals surface area contributed by atoms with E-state index in [0.717, 1.165) is 70.1 Å². The van der Waals surface area contributed by atoms with Gasteiger partial charge in [0.15, 0.2) is 6.54 Å². The van der Waals surface area contributed by atoms with E-state index in [4.69, 9.17) is 44.6 Å². The molecule has 0 unspecified atom stereocenters. The van der Waals surface area contributed by atoms with Crippen LogP contribution in [0.5, 0.6) is 0 Å². The molecule has 0 radical (unpaired) electrons. The van der Waals surface area contributed by atoms with Crippen molar-refractivity contribution < 1.29 is 37.2 Å². The van der Waals surface area contributed by atoms with Crippen molar-refractivity contribution >= 4 is 79.7 Å². The molecule has 0 atom stereocenters. The number of alkyl halides is 5. The van der Waals surface area contributed by atoms with E-state index in [1.54, 1.807) is 0 Å². The van der Waals surface area contributed by atoms with Crippen LogP contribution >= 0.6 is 23.2 Å². The van der Waals surface area contributed by atoms with Gasteiger partial charge in [0.1, 0.15) is 5.97 Å². The van der Waals surface area contributed by atoms with Crippen LogP contribution in [0.2, 0.25) is 0 Å². The molecule has 0 fully saturated rings. The molecule has 0 saturated carbocycles. The van der Waals surface area contributed by atoms with Gasteiger partial charge in [0, 0.05) is 89.6 Å². The van der Waals surface area contributed by atoms with E-state index in [9.17, 15) is 22.8 Å². The Morgan fingerprint density at radius 1 is 0.717 bits per heavy atom. The molecule has 0 aliphatic carbocycles. The number of nitrogens with two attached hydrogens (primary N) is 2. The molecule has 60 heavy (non-hydrogen) atoms. The van der Waals surface area contributed by atoms with Crippen molar-refractivity contribution in [3.8, 4) is 11.3 Å². The van der Waals surface area contributed by atoms with Crippen LogP contribution in [0.1, 0.15) is 34.3 Å². The quantitative estimate of drug-likeness (QED) is 0.0281. The summed E-state index contributed by atoms with van der Waals surface area (Å²) < 4.78 is 33.8. The molecule has 6 N–H and O–H groups in total. The lowest BCUT2D eigenvalue weighted by Gasteiger charge is -2.23. The molecule has 0 bridgehead atoms. The Bertz CT molecular complexity index is 2390. The number of carboxylic acid groups (broad SMARTS) is 1. The summed E-state index contributed by atoms with van der Waals surface area (Å²) in [4.78, 5) is 36.4. The minimum atomic E-state index is -5.19. The molecule has 15 heteroatoms. The lowest BCUT2D eigenvalue weighted by atomic mass is 9.97. The lowest BCUT2D eigenvalue weighted by Crippen LogP contribution is -2.38. The number of rotatable bonds is 16. The van der Waals surface area contributed by atoms with Gasteiger partial charge in [-0.2, -0.15) is 17.7 Å². The number of aryl methyl sites for hydroxylation is 1. The first kappa shape index (κ1) is 45.0. The molecule has 0 aliphatic heterocycles. The first-order valence-electron chi connectivity index (χ1n) is 19.2. The normalized spacial score (nSPS) is 11.2. The third-order valence-electron chi connectivity index (χ3n) is 9.62. The number of carboxylic acids is 1. The van der Waals surface area contributed by atoms with Gasteiger partial charge in [-0.05, 0) is 79.1 Å². The number of halogens is 5. The van der Waals surface area contributed by atoms with E-state index in [1.165, 1.54) is 5.56 Å². The van der Waals surface area contributed by atoms with Crippen molar-refractivity contribution in [3.63, 3.8) is 0 Å². The maximum absolute atomic E-state index is 13.0. The van der Waals surface area contributed by atoms with Crippen LogP contribution < -0.4 is 36.7 Å². The van der Waals surface area contributed by atoms with E-state index >= 15 is 0 Å². The van der Waals surface area contributed by atoms with Crippen LogP contribution in [0, 0.1) is 0 Å². The number of pyridine rings is 1. The predicted octanol–water partition coefficient (Wildman–Crippen LogP) is 6.61. The van der Waals surface area contributed by atoms with E-state index in [-0.39, 0.29) is 11.8 Å². The SMILES string of the molecule is Nc1ccc2c(c1)c(-c1ccccc1)[n+](Cc1ccc(C(=O)NCCNC(=O)CCCc3ccc(N(CCCl)CCCl)cc3)cc1)c1cc(N)ccc21.O=C([O-])C(F)(F)F. The molecule has 1 aromatic heterocycles. The topological polar surface area (TPSA) is 157 Å². The number of hydrogen-bond donors (Lipinski definition) is 4. The molecule has 0 aliphatic rings. The molecular formula is C45H45Cl2F3N6O4. The number of amides is 2. The van der Waals surface area contributed by atoms with Crippen LogP contribution in [0.3, 0.4) is 0 Å². The average molecular weight is 862 g/mol. The zero-order chi connectivity index (χ0) is 43.2. The fourth-order valence-corrected chi connectivity index (χ4v) is 7.15. The summed E-state index contributed by atoms with van der Waals surface area (Å²) in [7, 11) is 0. The number of carbonyl (C=O) groups is 3. The van der Waals surface area contributed by atoms with Crippen molar-refractivity contribution in [2.75, 3.05) is 54.3 Å². The standard InChI is InChI=1S/C43H44Cl2N6O2.C2HF3O2/c44-21-25-50(26-22-45)36-17-11-30(12-18-36)5-4-8-41(52)48-23-24-49-43(53)33-13-9-31(10-14-33)29-51-40-28-35(47)16-20-38(40)37-19-15-34(46)27-39(37)42(51)32-6-2-1-3-7-32;3-2(4,5)1(6)7/h1-3,6-7,9-20,27-28,47H,4-5,8,21-26,29,46H2,(H2,48,49,52,53);(H,6,7). The number of benzene rings is 5. The fraction of sp³-hybridized carbons (Fsp3) is 0.244. The first-order valence-corrected chi connectivity index (χ1v) is 20.2. The summed E-state index contributed by atoms with van der Waals surface area (Å²) in [6.07, 6.45) is -3.24. The number of nitrogen functional groups attached to an aromatic ring is 2. The Balaban J connectivity index is 0.000000896. The maximum atomic E-state index is 13.0. The van der Waals surface area contributed by atoms with Crippen molar-refractivity contribution in [2.45, 2.75) is 32.0 Å². The minimum absolute atomic E-state index is 0.0337. The van der Waals surface area contributed by atoms with Gasteiger partial charge in [-0.15, -0.1) is 23.2 Å². The number of nitrogens with zero attached hydrogens (tertiary/aromatic N) is 2. The average Bonchev–Trinajstić information content (AvgIpc) is 3.23. The molecular weight excluding hydrogens is 816 g/mol. The lowest BCUT2D eigenvalue weighted by molar-refractivity contribution is -0.650. The van der Waals surface area contributed by atoms with Crippen molar-refractivity contribution in [1.82, 2.24) is 10.6 Å². The highest BCUT2D eigenvalue weighted by atomic mass is 35.5.